The van der Waals surface area contributed by atoms with E-state index in [0.29, 0.717) is 12.1 Å². The molecule has 108 valence electrons. The van der Waals surface area contributed by atoms with Gasteiger partial charge in [0.15, 0.2) is 0 Å². The van der Waals surface area contributed by atoms with E-state index in [1.807, 2.05) is 11.3 Å². The molecule has 2 heterocycles. The highest BCUT2D eigenvalue weighted by atomic mass is 32.2. The quantitative estimate of drug-likeness (QED) is 0.869. The summed E-state index contributed by atoms with van der Waals surface area (Å²) >= 11 is 4.09. The fraction of sp³-hybridized carbons (Fsp3) is 0.733. The van der Waals surface area contributed by atoms with E-state index in [2.05, 4.69) is 55.0 Å². The maximum Gasteiger partial charge on any atom is 0.0340 e. The minimum absolute atomic E-state index is 0.589. The average Bonchev–Trinajstić information content (AvgIpc) is 2.87. The van der Waals surface area contributed by atoms with Gasteiger partial charge in [-0.05, 0) is 38.6 Å². The lowest BCUT2D eigenvalue weighted by molar-refractivity contribution is 0.215. The van der Waals surface area contributed by atoms with Gasteiger partial charge in [-0.1, -0.05) is 13.8 Å². The highest BCUT2D eigenvalue weighted by Crippen LogP contribution is 2.23. The smallest absolute Gasteiger partial charge is 0.0340 e. The Bertz CT molecular complexity index is 378. The molecule has 1 aromatic heterocycles. The van der Waals surface area contributed by atoms with Gasteiger partial charge >= 0.3 is 0 Å². The lowest BCUT2D eigenvalue weighted by Gasteiger charge is -2.38. The first-order valence-electron chi connectivity index (χ1n) is 7.33. The number of hydrogen-bond donors (Lipinski definition) is 1. The second-order valence-corrected chi connectivity index (χ2v) is 7.62. The molecule has 19 heavy (non-hydrogen) atoms. The number of nitrogens with one attached hydrogen (secondary N) is 1. The molecule has 4 heteroatoms. The molecule has 0 aliphatic carbocycles. The second-order valence-electron chi connectivity index (χ2n) is 5.21. The fourth-order valence-corrected chi connectivity index (χ4v) is 5.00. The first kappa shape index (κ1) is 15.4. The monoisotopic (exact) mass is 298 g/mol. The molecule has 2 rings (SSSR count). The molecule has 1 aliphatic rings. The van der Waals surface area contributed by atoms with Crippen molar-refractivity contribution >= 4 is 23.1 Å². The zero-order chi connectivity index (χ0) is 13.7. The fourth-order valence-electron chi connectivity index (χ4n) is 2.67. The largest absolute Gasteiger partial charge is 0.312 e. The summed E-state index contributed by atoms with van der Waals surface area (Å²) in [6.45, 7) is 6.74. The molecule has 0 aromatic carbocycles. The maximum atomic E-state index is 3.71. The summed E-state index contributed by atoms with van der Waals surface area (Å²) in [5.74, 6) is 2.55. The molecule has 2 atom stereocenters. The molecule has 0 radical (unpaired) electrons. The van der Waals surface area contributed by atoms with E-state index in [1.54, 1.807) is 0 Å². The van der Waals surface area contributed by atoms with Crippen LogP contribution in [-0.4, -0.2) is 48.6 Å². The molecule has 2 unspecified atom stereocenters. The number of thiophene rings is 1. The Morgan fingerprint density at radius 3 is 2.79 bits per heavy atom. The Balaban J connectivity index is 2.02. The molecule has 1 N–H and O–H groups in total. The molecule has 1 aliphatic heterocycles. The van der Waals surface area contributed by atoms with Gasteiger partial charge in [0.05, 0.1) is 0 Å². The van der Waals surface area contributed by atoms with Gasteiger partial charge in [0.25, 0.3) is 0 Å². The number of rotatable bonds is 6. The van der Waals surface area contributed by atoms with Crippen molar-refractivity contribution in [2.45, 2.75) is 38.8 Å². The third-order valence-corrected chi connectivity index (χ3v) is 6.16. The van der Waals surface area contributed by atoms with Crippen LogP contribution in [0.2, 0.25) is 0 Å². The molecule has 0 bridgehead atoms. The lowest BCUT2D eigenvalue weighted by atomic mass is 10.0. The molecular weight excluding hydrogens is 272 g/mol. The van der Waals surface area contributed by atoms with E-state index in [0.717, 1.165) is 13.0 Å². The van der Waals surface area contributed by atoms with Crippen LogP contribution in [0.4, 0.5) is 0 Å². The summed E-state index contributed by atoms with van der Waals surface area (Å²) in [5, 5.41) is 3.71. The van der Waals surface area contributed by atoms with Crippen molar-refractivity contribution < 1.29 is 0 Å². The number of hydrogen-bond acceptors (Lipinski definition) is 4. The van der Waals surface area contributed by atoms with Gasteiger partial charge in [0.1, 0.15) is 0 Å². The van der Waals surface area contributed by atoms with Crippen molar-refractivity contribution in [3.8, 4) is 0 Å². The molecule has 0 spiro atoms. The van der Waals surface area contributed by atoms with Crippen molar-refractivity contribution in [1.82, 2.24) is 10.2 Å². The van der Waals surface area contributed by atoms with E-state index in [4.69, 9.17) is 0 Å². The summed E-state index contributed by atoms with van der Waals surface area (Å²) in [4.78, 5) is 5.58. The van der Waals surface area contributed by atoms with E-state index in [1.165, 1.54) is 34.2 Å². The van der Waals surface area contributed by atoms with Crippen LogP contribution < -0.4 is 5.32 Å². The van der Waals surface area contributed by atoms with E-state index >= 15 is 0 Å². The predicted molar refractivity (Wildman–Crippen MR) is 88.6 cm³/mol. The van der Waals surface area contributed by atoms with Crippen LogP contribution in [0.25, 0.3) is 0 Å². The summed E-state index contributed by atoms with van der Waals surface area (Å²) < 4.78 is 0. The third-order valence-electron chi connectivity index (χ3n) is 3.86. The summed E-state index contributed by atoms with van der Waals surface area (Å²) in [7, 11) is 2.28. The first-order valence-corrected chi connectivity index (χ1v) is 9.30. The van der Waals surface area contributed by atoms with E-state index in [9.17, 15) is 0 Å². The van der Waals surface area contributed by atoms with Gasteiger partial charge in [0.2, 0.25) is 0 Å². The van der Waals surface area contributed by atoms with Crippen LogP contribution in [0.3, 0.4) is 0 Å². The minimum atomic E-state index is 0.589. The average molecular weight is 299 g/mol. The first-order chi connectivity index (χ1) is 9.24. The molecule has 2 nitrogen and oxygen atoms in total. The number of nitrogens with zero attached hydrogens (tertiary/aromatic N) is 1. The van der Waals surface area contributed by atoms with Gasteiger partial charge in [-0.25, -0.2) is 0 Å². The van der Waals surface area contributed by atoms with E-state index < -0.39 is 0 Å². The van der Waals surface area contributed by atoms with Gasteiger partial charge in [-0.3, -0.25) is 0 Å². The lowest BCUT2D eigenvalue weighted by Crippen LogP contribution is -2.53. The zero-order valence-corrected chi connectivity index (χ0v) is 13.9. The summed E-state index contributed by atoms with van der Waals surface area (Å²) in [6, 6.07) is 5.88. The third kappa shape index (κ3) is 4.22. The van der Waals surface area contributed by atoms with E-state index in [-0.39, 0.29) is 0 Å². The molecular formula is C15H26N2S2. The Labute approximate surface area is 126 Å². The van der Waals surface area contributed by atoms with Crippen molar-refractivity contribution in [1.29, 1.82) is 0 Å². The van der Waals surface area contributed by atoms with Gasteiger partial charge in [0, 0.05) is 39.9 Å². The number of thioether (sulfide) groups is 1. The molecule has 0 saturated carbocycles. The van der Waals surface area contributed by atoms with Crippen LogP contribution >= 0.6 is 23.1 Å². The Morgan fingerprint density at radius 2 is 2.16 bits per heavy atom. The van der Waals surface area contributed by atoms with Crippen molar-refractivity contribution in [2.75, 3.05) is 31.6 Å². The predicted octanol–water partition coefficient (Wildman–Crippen LogP) is 2.88. The Hall–Kier alpha value is -0.0300. The van der Waals surface area contributed by atoms with Crippen LogP contribution in [-0.2, 0) is 12.8 Å². The zero-order valence-electron chi connectivity index (χ0n) is 12.3. The highest BCUT2D eigenvalue weighted by molar-refractivity contribution is 7.99. The summed E-state index contributed by atoms with van der Waals surface area (Å²) in [6.07, 6.45) is 2.34. The Morgan fingerprint density at radius 1 is 1.37 bits per heavy atom. The minimum Gasteiger partial charge on any atom is -0.312 e. The molecule has 1 saturated heterocycles. The standard InChI is InChI=1S/C15H26N2S2/c1-4-12-6-7-13(19-12)10-14(16-5-2)15-11-18-9-8-17(15)3/h6-7,14-16H,4-5,8-11H2,1-3H3. The van der Waals surface area contributed by atoms with Crippen molar-refractivity contribution in [3.05, 3.63) is 21.9 Å². The van der Waals surface area contributed by atoms with Crippen LogP contribution in [0.5, 0.6) is 0 Å². The highest BCUT2D eigenvalue weighted by Gasteiger charge is 2.27. The SMILES string of the molecule is CCNC(Cc1ccc(CC)s1)C1CSCCN1C. The molecule has 1 aromatic rings. The normalized spacial score (nSPS) is 22.6. The van der Waals surface area contributed by atoms with Crippen molar-refractivity contribution in [3.63, 3.8) is 0 Å². The van der Waals surface area contributed by atoms with Crippen LogP contribution in [0, 0.1) is 0 Å². The number of aryl methyl sites for hydroxylation is 1. The van der Waals surface area contributed by atoms with Gasteiger partial charge < -0.3 is 10.2 Å². The Kier molecular flexibility index (Phi) is 6.20. The second kappa shape index (κ2) is 7.67. The van der Waals surface area contributed by atoms with Gasteiger partial charge in [-0.2, -0.15) is 11.8 Å². The van der Waals surface area contributed by atoms with Crippen LogP contribution in [0.1, 0.15) is 23.6 Å². The summed E-state index contributed by atoms with van der Waals surface area (Å²) in [5.41, 5.74) is 0. The number of likely N-dealkylation sites (N-methyl/N-ethyl adjacent to an activating group) is 2. The molecule has 1 fully saturated rings. The van der Waals surface area contributed by atoms with Crippen molar-refractivity contribution in [2.24, 2.45) is 0 Å². The van der Waals surface area contributed by atoms with Crippen LogP contribution in [0.15, 0.2) is 12.1 Å². The topological polar surface area (TPSA) is 15.3 Å². The molecule has 0 amide bonds. The van der Waals surface area contributed by atoms with Gasteiger partial charge in [-0.15, -0.1) is 11.3 Å². The maximum absolute atomic E-state index is 3.71.